The summed E-state index contributed by atoms with van der Waals surface area (Å²) in [7, 11) is 0. The number of carbonyl (C=O) groups excluding carboxylic acids is 2. The fourth-order valence-corrected chi connectivity index (χ4v) is 2.94. The van der Waals surface area contributed by atoms with Crippen LogP contribution in [-0.2, 0) is 16.6 Å². The Kier molecular flexibility index (Phi) is 5.31. The molecule has 0 fully saturated rings. The van der Waals surface area contributed by atoms with Crippen LogP contribution >= 0.6 is 0 Å². The molecule has 0 atom stereocenters. The summed E-state index contributed by atoms with van der Waals surface area (Å²) in [5.74, 6) is -0.557. The maximum atomic E-state index is 12.3. The number of hydrogen-bond acceptors (Lipinski definition) is 2. The van der Waals surface area contributed by atoms with Crippen LogP contribution in [-0.4, -0.2) is 16.8 Å². The highest BCUT2D eigenvalue weighted by atomic mass is 16.2. The number of hydrazine groups is 1. The summed E-state index contributed by atoms with van der Waals surface area (Å²) >= 11 is 0. The van der Waals surface area contributed by atoms with Crippen LogP contribution in [0.15, 0.2) is 54.7 Å². The van der Waals surface area contributed by atoms with Gasteiger partial charge in [-0.05, 0) is 29.0 Å². The molecule has 3 rings (SSSR count). The first kappa shape index (κ1) is 18.7. The highest BCUT2D eigenvalue weighted by molar-refractivity contribution is 6.07. The Morgan fingerprint density at radius 1 is 0.963 bits per heavy atom. The van der Waals surface area contributed by atoms with E-state index in [0.29, 0.717) is 18.4 Å². The summed E-state index contributed by atoms with van der Waals surface area (Å²) in [5, 5.41) is 0.822. The van der Waals surface area contributed by atoms with Crippen LogP contribution in [0.25, 0.3) is 10.9 Å². The molecule has 0 unspecified atom stereocenters. The first-order valence-corrected chi connectivity index (χ1v) is 9.09. The second-order valence-corrected chi connectivity index (χ2v) is 7.70. The van der Waals surface area contributed by atoms with Gasteiger partial charge in [-0.15, -0.1) is 0 Å². The molecule has 0 saturated carbocycles. The molecule has 3 N–H and O–H groups in total. The summed E-state index contributed by atoms with van der Waals surface area (Å²) in [6.07, 6.45) is 2.57. The number of hydrogen-bond donors (Lipinski definition) is 3. The fourth-order valence-electron chi connectivity index (χ4n) is 2.94. The smallest absolute Gasteiger partial charge is 0.271 e. The number of aromatic amines is 1. The van der Waals surface area contributed by atoms with Gasteiger partial charge in [-0.1, -0.05) is 63.2 Å². The number of H-pyrrole nitrogens is 1. The third-order valence-electron chi connectivity index (χ3n) is 4.61. The molecule has 0 spiro atoms. The molecule has 0 radical (unpaired) electrons. The van der Waals surface area contributed by atoms with Crippen LogP contribution in [0.3, 0.4) is 0 Å². The topological polar surface area (TPSA) is 74.0 Å². The molecular weight excluding hydrogens is 338 g/mol. The molecule has 0 saturated heterocycles. The van der Waals surface area contributed by atoms with Crippen molar-refractivity contribution in [2.24, 2.45) is 0 Å². The number of aryl methyl sites for hydroxylation is 1. The lowest BCUT2D eigenvalue weighted by Crippen LogP contribution is -2.41. The second kappa shape index (κ2) is 7.66. The van der Waals surface area contributed by atoms with Crippen LogP contribution < -0.4 is 10.9 Å². The molecule has 5 heteroatoms. The SMILES string of the molecule is CC(C)(C)c1ccc(CCC(=O)NNC(=O)c2c[nH]c3ccccc23)cc1. The molecule has 0 aliphatic heterocycles. The molecule has 0 aliphatic carbocycles. The number of amides is 2. The van der Waals surface area contributed by atoms with Gasteiger partial charge in [-0.2, -0.15) is 0 Å². The van der Waals surface area contributed by atoms with Crippen molar-refractivity contribution in [3.05, 3.63) is 71.4 Å². The Morgan fingerprint density at radius 3 is 2.37 bits per heavy atom. The Hall–Kier alpha value is -3.08. The molecule has 27 heavy (non-hydrogen) atoms. The van der Waals surface area contributed by atoms with Gasteiger partial charge in [-0.25, -0.2) is 0 Å². The molecule has 3 aromatic rings. The van der Waals surface area contributed by atoms with Gasteiger partial charge >= 0.3 is 0 Å². The van der Waals surface area contributed by atoms with Gasteiger partial charge in [0.1, 0.15) is 0 Å². The zero-order chi connectivity index (χ0) is 19.4. The number of nitrogens with one attached hydrogen (secondary N) is 3. The number of aromatic nitrogens is 1. The van der Waals surface area contributed by atoms with Crippen molar-refractivity contribution < 1.29 is 9.59 Å². The Morgan fingerprint density at radius 2 is 1.67 bits per heavy atom. The highest BCUT2D eigenvalue weighted by Crippen LogP contribution is 2.22. The largest absolute Gasteiger partial charge is 0.360 e. The number of rotatable bonds is 4. The van der Waals surface area contributed by atoms with E-state index in [9.17, 15) is 9.59 Å². The minimum atomic E-state index is -0.338. The lowest BCUT2D eigenvalue weighted by molar-refractivity contribution is -0.121. The minimum Gasteiger partial charge on any atom is -0.360 e. The van der Waals surface area contributed by atoms with E-state index in [1.807, 2.05) is 24.3 Å². The predicted molar refractivity (Wildman–Crippen MR) is 107 cm³/mol. The fraction of sp³-hybridized carbons (Fsp3) is 0.273. The van der Waals surface area contributed by atoms with Crippen LogP contribution in [0.5, 0.6) is 0 Å². The van der Waals surface area contributed by atoms with Gasteiger partial charge < -0.3 is 4.98 Å². The number of para-hydroxylation sites is 1. The summed E-state index contributed by atoms with van der Waals surface area (Å²) in [4.78, 5) is 27.4. The van der Waals surface area contributed by atoms with E-state index in [0.717, 1.165) is 16.5 Å². The molecule has 1 heterocycles. The lowest BCUT2D eigenvalue weighted by atomic mass is 9.86. The van der Waals surface area contributed by atoms with Crippen LogP contribution in [0, 0.1) is 0 Å². The summed E-state index contributed by atoms with van der Waals surface area (Å²) in [5.41, 5.74) is 8.84. The van der Waals surface area contributed by atoms with Crippen LogP contribution in [0.1, 0.15) is 48.7 Å². The van der Waals surface area contributed by atoms with Crippen molar-refractivity contribution in [3.8, 4) is 0 Å². The van der Waals surface area contributed by atoms with Gasteiger partial charge in [0, 0.05) is 23.5 Å². The maximum Gasteiger partial charge on any atom is 0.271 e. The Bertz CT molecular complexity index is 950. The van der Waals surface area contributed by atoms with E-state index < -0.39 is 0 Å². The van der Waals surface area contributed by atoms with Crippen molar-refractivity contribution in [3.63, 3.8) is 0 Å². The molecule has 0 aliphatic rings. The van der Waals surface area contributed by atoms with E-state index in [4.69, 9.17) is 0 Å². The quantitative estimate of drug-likeness (QED) is 0.616. The van der Waals surface area contributed by atoms with Crippen molar-refractivity contribution in [1.82, 2.24) is 15.8 Å². The second-order valence-electron chi connectivity index (χ2n) is 7.70. The zero-order valence-corrected chi connectivity index (χ0v) is 15.9. The van der Waals surface area contributed by atoms with Gasteiger partial charge in [0.15, 0.2) is 0 Å². The third kappa shape index (κ3) is 4.56. The molecule has 5 nitrogen and oxygen atoms in total. The number of benzene rings is 2. The monoisotopic (exact) mass is 363 g/mol. The average molecular weight is 363 g/mol. The first-order valence-electron chi connectivity index (χ1n) is 9.09. The normalized spacial score (nSPS) is 11.4. The summed E-state index contributed by atoms with van der Waals surface area (Å²) in [6, 6.07) is 15.8. The van der Waals surface area contributed by atoms with Crippen LogP contribution in [0.2, 0.25) is 0 Å². The van der Waals surface area contributed by atoms with Gasteiger partial charge in [0.2, 0.25) is 5.91 Å². The van der Waals surface area contributed by atoms with Crippen molar-refractivity contribution >= 4 is 22.7 Å². The third-order valence-corrected chi connectivity index (χ3v) is 4.61. The lowest BCUT2D eigenvalue weighted by Gasteiger charge is -2.19. The van der Waals surface area contributed by atoms with Gasteiger partial charge in [0.25, 0.3) is 5.91 Å². The van der Waals surface area contributed by atoms with E-state index in [1.54, 1.807) is 6.20 Å². The van der Waals surface area contributed by atoms with Gasteiger partial charge in [0.05, 0.1) is 5.56 Å². The molecule has 2 amide bonds. The van der Waals surface area contributed by atoms with E-state index in [-0.39, 0.29) is 17.2 Å². The Balaban J connectivity index is 1.50. The standard InChI is InChI=1S/C22H25N3O2/c1-22(2,3)16-11-8-15(9-12-16)10-13-20(26)24-25-21(27)18-14-23-19-7-5-4-6-17(18)19/h4-9,11-12,14,23H,10,13H2,1-3H3,(H,24,26)(H,25,27). The molecular formula is C22H25N3O2. The molecule has 0 bridgehead atoms. The van der Waals surface area contributed by atoms with Crippen molar-refractivity contribution in [2.75, 3.05) is 0 Å². The number of fused-ring (bicyclic) bond motifs is 1. The highest BCUT2D eigenvalue weighted by Gasteiger charge is 2.14. The number of carbonyl (C=O) groups is 2. The van der Waals surface area contributed by atoms with E-state index in [2.05, 4.69) is 60.9 Å². The van der Waals surface area contributed by atoms with Crippen LogP contribution in [0.4, 0.5) is 0 Å². The Labute approximate surface area is 159 Å². The van der Waals surface area contributed by atoms with E-state index >= 15 is 0 Å². The zero-order valence-electron chi connectivity index (χ0n) is 15.9. The van der Waals surface area contributed by atoms with Crippen molar-refractivity contribution in [1.29, 1.82) is 0 Å². The van der Waals surface area contributed by atoms with E-state index in [1.165, 1.54) is 5.56 Å². The summed E-state index contributed by atoms with van der Waals surface area (Å²) < 4.78 is 0. The molecule has 2 aromatic carbocycles. The first-order chi connectivity index (χ1) is 12.8. The molecule has 140 valence electrons. The maximum absolute atomic E-state index is 12.3. The summed E-state index contributed by atoms with van der Waals surface area (Å²) in [6.45, 7) is 6.52. The minimum absolute atomic E-state index is 0.114. The predicted octanol–water partition coefficient (Wildman–Crippen LogP) is 3.86. The molecule has 1 aromatic heterocycles. The van der Waals surface area contributed by atoms with Crippen molar-refractivity contribution in [2.45, 2.75) is 39.0 Å². The van der Waals surface area contributed by atoms with Gasteiger partial charge in [-0.3, -0.25) is 20.4 Å². The average Bonchev–Trinajstić information content (AvgIpc) is 3.08.